The van der Waals surface area contributed by atoms with Crippen LogP contribution in [0, 0.1) is 0 Å². The summed E-state index contributed by atoms with van der Waals surface area (Å²) in [5, 5.41) is -0.232. The van der Waals surface area contributed by atoms with Crippen molar-refractivity contribution in [3.63, 3.8) is 0 Å². The number of cyclic esters (lactones) is 1. The zero-order valence-electron chi connectivity index (χ0n) is 18.1. The number of hydrogen-bond acceptors (Lipinski definition) is 4. The topological polar surface area (TPSA) is 44.8 Å². The average Bonchev–Trinajstić information content (AvgIpc) is 3.02. The summed E-state index contributed by atoms with van der Waals surface area (Å²) in [6.45, 7) is 5.83. The summed E-state index contributed by atoms with van der Waals surface area (Å²) in [6.07, 6.45) is 25.2. The highest BCUT2D eigenvalue weighted by molar-refractivity contribution is 6.21. The smallest absolute Gasteiger partial charge is 0.306 e. The van der Waals surface area contributed by atoms with Gasteiger partial charge >= 0.3 is 5.97 Å². The summed E-state index contributed by atoms with van der Waals surface area (Å²) in [5.41, 5.74) is 0. The third kappa shape index (κ3) is 8.86. The maximum absolute atomic E-state index is 12.2. The molecule has 1 saturated heterocycles. The lowest BCUT2D eigenvalue weighted by atomic mass is 10.0. The number of fused-ring (bicyclic) bond motifs is 1. The fraction of sp³-hybridized carbons (Fsp3) is 0.480. The standard InChI is InChI=1S/C25H33ClO4/c1-4-5-6-7-8-9-10-11-12-13-14-15-21-24-22(29-25(2,3)30-24)18-16-20(26)17-19-23(27)28-21/h5-6,8-16,18,20-22,24H,4,7,17,19H2,1-3H3/b6-5-,9-8-,11-10+,13-12+,15-14-,18-16+/t20-,21+,22-,24+/m1/s1. The van der Waals surface area contributed by atoms with Crippen LogP contribution < -0.4 is 0 Å². The molecule has 2 rings (SSSR count). The van der Waals surface area contributed by atoms with E-state index in [9.17, 15) is 4.79 Å². The molecule has 0 aromatic rings. The number of rotatable bonds is 7. The second-order valence-corrected chi connectivity index (χ2v) is 8.22. The van der Waals surface area contributed by atoms with Crippen LogP contribution in [0.4, 0.5) is 0 Å². The molecule has 0 spiro atoms. The zero-order chi connectivity index (χ0) is 21.8. The molecule has 30 heavy (non-hydrogen) atoms. The van der Waals surface area contributed by atoms with Gasteiger partial charge in [0.2, 0.25) is 0 Å². The summed E-state index contributed by atoms with van der Waals surface area (Å²) >= 11 is 6.24. The average molecular weight is 433 g/mol. The van der Waals surface area contributed by atoms with Gasteiger partial charge in [0.05, 0.1) is 5.38 Å². The van der Waals surface area contributed by atoms with E-state index in [2.05, 4.69) is 25.2 Å². The van der Waals surface area contributed by atoms with Gasteiger partial charge in [0.25, 0.3) is 0 Å². The third-order valence-corrected chi connectivity index (χ3v) is 4.92. The quantitative estimate of drug-likeness (QED) is 0.215. The van der Waals surface area contributed by atoms with Gasteiger partial charge in [-0.2, -0.15) is 0 Å². The molecule has 164 valence electrons. The van der Waals surface area contributed by atoms with Crippen molar-refractivity contribution < 1.29 is 19.0 Å². The van der Waals surface area contributed by atoms with Crippen LogP contribution in [0.3, 0.4) is 0 Å². The summed E-state index contributed by atoms with van der Waals surface area (Å²) in [5.74, 6) is -1.05. The van der Waals surface area contributed by atoms with E-state index in [1.165, 1.54) is 0 Å². The van der Waals surface area contributed by atoms with Crippen molar-refractivity contribution in [1.82, 2.24) is 0 Å². The highest BCUT2D eigenvalue weighted by atomic mass is 35.5. The van der Waals surface area contributed by atoms with Crippen molar-refractivity contribution >= 4 is 17.6 Å². The minimum absolute atomic E-state index is 0.232. The largest absolute Gasteiger partial charge is 0.455 e. The van der Waals surface area contributed by atoms with Gasteiger partial charge in [-0.05, 0) is 39.2 Å². The van der Waals surface area contributed by atoms with Gasteiger partial charge in [0, 0.05) is 6.42 Å². The van der Waals surface area contributed by atoms with Gasteiger partial charge in [-0.25, -0.2) is 0 Å². The molecule has 2 heterocycles. The van der Waals surface area contributed by atoms with E-state index in [0.29, 0.717) is 6.42 Å². The first kappa shape index (κ1) is 24.4. The Morgan fingerprint density at radius 2 is 1.77 bits per heavy atom. The van der Waals surface area contributed by atoms with Crippen molar-refractivity contribution in [2.75, 3.05) is 0 Å². The number of carbonyl (C=O) groups is 1. The van der Waals surface area contributed by atoms with Gasteiger partial charge < -0.3 is 14.2 Å². The fourth-order valence-electron chi connectivity index (χ4n) is 3.16. The molecule has 2 aliphatic heterocycles. The molecule has 1 fully saturated rings. The van der Waals surface area contributed by atoms with Gasteiger partial charge in [0.1, 0.15) is 18.3 Å². The third-order valence-electron chi connectivity index (χ3n) is 4.56. The van der Waals surface area contributed by atoms with Crippen molar-refractivity contribution in [2.45, 2.75) is 75.9 Å². The van der Waals surface area contributed by atoms with E-state index in [4.69, 9.17) is 25.8 Å². The van der Waals surface area contributed by atoms with Crippen LogP contribution in [0.1, 0.15) is 46.5 Å². The first-order valence-electron chi connectivity index (χ1n) is 10.6. The maximum Gasteiger partial charge on any atom is 0.306 e. The van der Waals surface area contributed by atoms with Gasteiger partial charge in [-0.15, -0.1) is 11.6 Å². The monoisotopic (exact) mass is 432 g/mol. The van der Waals surface area contributed by atoms with Crippen molar-refractivity contribution in [3.8, 4) is 0 Å². The molecule has 0 bridgehead atoms. The molecule has 0 amide bonds. The minimum atomic E-state index is -0.759. The lowest BCUT2D eigenvalue weighted by Gasteiger charge is -2.24. The van der Waals surface area contributed by atoms with Crippen LogP contribution in [-0.2, 0) is 19.0 Å². The van der Waals surface area contributed by atoms with E-state index in [-0.39, 0.29) is 23.9 Å². The number of esters is 1. The molecule has 0 unspecified atom stereocenters. The van der Waals surface area contributed by atoms with Crippen molar-refractivity contribution in [2.24, 2.45) is 0 Å². The number of allylic oxidation sites excluding steroid dienone is 10. The van der Waals surface area contributed by atoms with Crippen LogP contribution in [0.2, 0.25) is 0 Å². The van der Waals surface area contributed by atoms with E-state index >= 15 is 0 Å². The summed E-state index contributed by atoms with van der Waals surface area (Å²) in [6, 6.07) is 0. The predicted octanol–water partition coefficient (Wildman–Crippen LogP) is 5.96. The summed E-state index contributed by atoms with van der Waals surface area (Å²) in [4.78, 5) is 12.2. The zero-order valence-corrected chi connectivity index (χ0v) is 18.8. The van der Waals surface area contributed by atoms with Gasteiger partial charge in [-0.3, -0.25) is 4.79 Å². The lowest BCUT2D eigenvalue weighted by Crippen LogP contribution is -2.37. The fourth-order valence-corrected chi connectivity index (χ4v) is 3.35. The van der Waals surface area contributed by atoms with Crippen LogP contribution >= 0.6 is 11.6 Å². The Kier molecular flexibility index (Phi) is 10.4. The number of alkyl halides is 1. The van der Waals surface area contributed by atoms with Gasteiger partial charge in [0.15, 0.2) is 5.79 Å². The van der Waals surface area contributed by atoms with Gasteiger partial charge in [-0.1, -0.05) is 73.8 Å². The first-order chi connectivity index (χ1) is 14.4. The Labute approximate surface area is 185 Å². The van der Waals surface area contributed by atoms with Crippen molar-refractivity contribution in [1.29, 1.82) is 0 Å². The Morgan fingerprint density at radius 3 is 2.53 bits per heavy atom. The predicted molar refractivity (Wildman–Crippen MR) is 122 cm³/mol. The Bertz CT molecular complexity index is 715. The second kappa shape index (κ2) is 12.7. The Hall–Kier alpha value is -1.88. The molecule has 0 saturated carbocycles. The molecule has 0 aromatic heterocycles. The number of halogens is 1. The molecular formula is C25H33ClO4. The maximum atomic E-state index is 12.2. The number of ether oxygens (including phenoxy) is 3. The van der Waals surface area contributed by atoms with Crippen LogP contribution in [-0.4, -0.2) is 35.4 Å². The molecule has 4 atom stereocenters. The lowest BCUT2D eigenvalue weighted by molar-refractivity contribution is -0.166. The molecule has 0 aromatic carbocycles. The highest BCUT2D eigenvalue weighted by Crippen LogP contribution is 2.33. The highest BCUT2D eigenvalue weighted by Gasteiger charge is 2.45. The summed E-state index contributed by atoms with van der Waals surface area (Å²) < 4.78 is 17.7. The summed E-state index contributed by atoms with van der Waals surface area (Å²) in [7, 11) is 0. The van der Waals surface area contributed by atoms with E-state index < -0.39 is 18.0 Å². The Balaban J connectivity index is 2.00. The minimum Gasteiger partial charge on any atom is -0.455 e. The van der Waals surface area contributed by atoms with E-state index in [1.807, 2.05) is 68.5 Å². The van der Waals surface area contributed by atoms with Crippen LogP contribution in [0.5, 0.6) is 0 Å². The molecule has 2 aliphatic rings. The number of hydrogen-bond donors (Lipinski definition) is 0. The van der Waals surface area contributed by atoms with E-state index in [0.717, 1.165) is 12.8 Å². The molecule has 0 aliphatic carbocycles. The molecule has 0 radical (unpaired) electrons. The van der Waals surface area contributed by atoms with Crippen LogP contribution in [0.15, 0.2) is 72.9 Å². The molecule has 4 nitrogen and oxygen atoms in total. The second-order valence-electron chi connectivity index (χ2n) is 7.66. The molecule has 5 heteroatoms. The van der Waals surface area contributed by atoms with Crippen molar-refractivity contribution in [3.05, 3.63) is 72.9 Å². The molecular weight excluding hydrogens is 400 g/mol. The normalized spacial score (nSPS) is 31.3. The van der Waals surface area contributed by atoms with Crippen LogP contribution in [0.25, 0.3) is 0 Å². The Morgan fingerprint density at radius 1 is 1.03 bits per heavy atom. The molecule has 0 N–H and O–H groups in total. The SMILES string of the molecule is CC/C=C\C\C=C/C=C/C=C/C=C\[C@@H]1OC(=O)CC[C@H](Cl)/C=C/[C@H]2OC(C)(C)O[C@@H]12. The van der Waals surface area contributed by atoms with E-state index in [1.54, 1.807) is 0 Å². The number of carbonyl (C=O) groups excluding carboxylic acids is 1. The first-order valence-corrected chi connectivity index (χ1v) is 11.0.